The summed E-state index contributed by atoms with van der Waals surface area (Å²) in [6, 6.07) is 0.564. The van der Waals surface area contributed by atoms with Crippen molar-refractivity contribution in [2.24, 2.45) is 4.99 Å². The largest absolute Gasteiger partial charge is 0.353 e. The lowest BCUT2D eigenvalue weighted by atomic mass is 10.3. The van der Waals surface area contributed by atoms with E-state index in [-0.39, 0.29) is 0 Å². The maximum atomic E-state index is 4.15. The van der Waals surface area contributed by atoms with Gasteiger partial charge in [-0.3, -0.25) is 4.99 Å². The third-order valence-corrected chi connectivity index (χ3v) is 1.73. The fourth-order valence-corrected chi connectivity index (χ4v) is 1.07. The van der Waals surface area contributed by atoms with Crippen LogP contribution in [-0.4, -0.2) is 23.8 Å². The second kappa shape index (κ2) is 2.86. The molecule has 0 aromatic carbocycles. The first-order valence-electron chi connectivity index (χ1n) is 3.65. The SMILES string of the molecule is CC1=CC=NCN1C(C)C. The number of hydrogen-bond acceptors (Lipinski definition) is 2. The summed E-state index contributed by atoms with van der Waals surface area (Å²) in [5.41, 5.74) is 1.31. The van der Waals surface area contributed by atoms with Gasteiger partial charge in [-0.1, -0.05) is 0 Å². The normalized spacial score (nSPS) is 18.0. The molecule has 0 saturated carbocycles. The Bertz CT molecular complexity index is 168. The summed E-state index contributed by atoms with van der Waals surface area (Å²) < 4.78 is 0. The number of aliphatic imine (C=N–C) groups is 1. The third kappa shape index (κ3) is 1.38. The minimum Gasteiger partial charge on any atom is -0.353 e. The summed E-state index contributed by atoms with van der Waals surface area (Å²) >= 11 is 0. The van der Waals surface area contributed by atoms with Crippen molar-refractivity contribution in [3.8, 4) is 0 Å². The highest BCUT2D eigenvalue weighted by Crippen LogP contribution is 2.10. The first-order valence-corrected chi connectivity index (χ1v) is 3.65. The molecule has 0 radical (unpaired) electrons. The molecule has 1 rings (SSSR count). The van der Waals surface area contributed by atoms with Crippen molar-refractivity contribution in [3.63, 3.8) is 0 Å². The highest BCUT2D eigenvalue weighted by atomic mass is 15.2. The molecule has 0 aromatic heterocycles. The van der Waals surface area contributed by atoms with Crippen LogP contribution in [0.25, 0.3) is 0 Å². The average Bonchev–Trinajstić information content (AvgIpc) is 1.88. The van der Waals surface area contributed by atoms with E-state index in [4.69, 9.17) is 0 Å². The number of nitrogens with zero attached hydrogens (tertiary/aromatic N) is 2. The molecule has 1 aliphatic heterocycles. The zero-order valence-corrected chi connectivity index (χ0v) is 6.83. The van der Waals surface area contributed by atoms with Crippen LogP contribution in [0.2, 0.25) is 0 Å². The Balaban J connectivity index is 2.64. The van der Waals surface area contributed by atoms with Crippen LogP contribution in [0.4, 0.5) is 0 Å². The van der Waals surface area contributed by atoms with Crippen LogP contribution in [-0.2, 0) is 0 Å². The van der Waals surface area contributed by atoms with Gasteiger partial charge in [0.05, 0.1) is 0 Å². The Morgan fingerprint density at radius 2 is 2.30 bits per heavy atom. The summed E-state index contributed by atoms with van der Waals surface area (Å²) in [4.78, 5) is 6.42. The van der Waals surface area contributed by atoms with Gasteiger partial charge in [-0.05, 0) is 26.8 Å². The highest BCUT2D eigenvalue weighted by Gasteiger charge is 2.09. The Kier molecular flexibility index (Phi) is 2.10. The number of rotatable bonds is 1. The average molecular weight is 138 g/mol. The van der Waals surface area contributed by atoms with E-state index < -0.39 is 0 Å². The van der Waals surface area contributed by atoms with Crippen molar-refractivity contribution < 1.29 is 0 Å². The second-order valence-electron chi connectivity index (χ2n) is 2.84. The Morgan fingerprint density at radius 3 is 2.70 bits per heavy atom. The van der Waals surface area contributed by atoms with Gasteiger partial charge in [-0.2, -0.15) is 0 Å². The van der Waals surface area contributed by atoms with Gasteiger partial charge in [-0.15, -0.1) is 0 Å². The van der Waals surface area contributed by atoms with Crippen LogP contribution in [0.3, 0.4) is 0 Å². The van der Waals surface area contributed by atoms with Gasteiger partial charge in [0.15, 0.2) is 0 Å². The zero-order valence-electron chi connectivity index (χ0n) is 6.83. The molecule has 2 nitrogen and oxygen atoms in total. The van der Waals surface area contributed by atoms with Crippen molar-refractivity contribution in [2.75, 3.05) is 6.67 Å². The topological polar surface area (TPSA) is 15.6 Å². The minimum absolute atomic E-state index is 0.564. The van der Waals surface area contributed by atoms with E-state index in [0.717, 1.165) is 6.67 Å². The Labute approximate surface area is 62.3 Å². The predicted molar refractivity (Wildman–Crippen MR) is 44.1 cm³/mol. The molecular formula is C8H14N2. The van der Waals surface area contributed by atoms with E-state index in [9.17, 15) is 0 Å². The van der Waals surface area contributed by atoms with Crippen molar-refractivity contribution in [1.82, 2.24) is 4.90 Å². The predicted octanol–water partition coefficient (Wildman–Crippen LogP) is 1.64. The molecule has 1 aliphatic rings. The first kappa shape index (κ1) is 7.32. The molecule has 2 heteroatoms. The first-order chi connectivity index (χ1) is 4.72. The fourth-order valence-electron chi connectivity index (χ4n) is 1.07. The fraction of sp³-hybridized carbons (Fsp3) is 0.625. The van der Waals surface area contributed by atoms with E-state index in [1.807, 2.05) is 12.3 Å². The summed E-state index contributed by atoms with van der Waals surface area (Å²) in [6.45, 7) is 7.29. The van der Waals surface area contributed by atoms with Gasteiger partial charge in [0.2, 0.25) is 0 Å². The smallest absolute Gasteiger partial charge is 0.110 e. The Hall–Kier alpha value is -0.790. The lowest BCUT2D eigenvalue weighted by Gasteiger charge is -2.29. The lowest BCUT2D eigenvalue weighted by molar-refractivity contribution is 0.291. The molecule has 0 aliphatic carbocycles. The van der Waals surface area contributed by atoms with Crippen molar-refractivity contribution >= 4 is 6.21 Å². The van der Waals surface area contributed by atoms with Gasteiger partial charge in [-0.25, -0.2) is 0 Å². The van der Waals surface area contributed by atoms with E-state index in [0.29, 0.717) is 6.04 Å². The van der Waals surface area contributed by atoms with Gasteiger partial charge in [0.1, 0.15) is 6.67 Å². The third-order valence-electron chi connectivity index (χ3n) is 1.73. The summed E-state index contributed by atoms with van der Waals surface area (Å²) in [5.74, 6) is 0. The van der Waals surface area contributed by atoms with Gasteiger partial charge in [0.25, 0.3) is 0 Å². The molecule has 0 fully saturated rings. The lowest BCUT2D eigenvalue weighted by Crippen LogP contribution is -2.30. The molecule has 0 amide bonds. The van der Waals surface area contributed by atoms with E-state index >= 15 is 0 Å². The van der Waals surface area contributed by atoms with Crippen LogP contribution in [0.1, 0.15) is 20.8 Å². The molecule has 0 unspecified atom stereocenters. The van der Waals surface area contributed by atoms with Gasteiger partial charge >= 0.3 is 0 Å². The molecule has 0 atom stereocenters. The molecule has 0 spiro atoms. The molecule has 56 valence electrons. The summed E-state index contributed by atoms with van der Waals surface area (Å²) in [7, 11) is 0. The van der Waals surface area contributed by atoms with E-state index in [1.165, 1.54) is 5.70 Å². The molecule has 10 heavy (non-hydrogen) atoms. The van der Waals surface area contributed by atoms with Crippen LogP contribution in [0.5, 0.6) is 0 Å². The molecule has 0 N–H and O–H groups in total. The van der Waals surface area contributed by atoms with Crippen LogP contribution in [0, 0.1) is 0 Å². The van der Waals surface area contributed by atoms with Crippen LogP contribution in [0.15, 0.2) is 16.8 Å². The maximum Gasteiger partial charge on any atom is 0.110 e. The quantitative estimate of drug-likeness (QED) is 0.538. The molecular weight excluding hydrogens is 124 g/mol. The van der Waals surface area contributed by atoms with Crippen molar-refractivity contribution in [3.05, 3.63) is 11.8 Å². The van der Waals surface area contributed by atoms with E-state index in [1.54, 1.807) is 0 Å². The van der Waals surface area contributed by atoms with Crippen molar-refractivity contribution in [1.29, 1.82) is 0 Å². The standard InChI is InChI=1S/C8H14N2/c1-7(2)10-6-9-5-4-8(10)3/h4-5,7H,6H2,1-3H3. The van der Waals surface area contributed by atoms with E-state index in [2.05, 4.69) is 30.7 Å². The second-order valence-corrected chi connectivity index (χ2v) is 2.84. The number of allylic oxidation sites excluding steroid dienone is 2. The number of hydrogen-bond donors (Lipinski definition) is 0. The monoisotopic (exact) mass is 138 g/mol. The summed E-state index contributed by atoms with van der Waals surface area (Å²) in [6.07, 6.45) is 3.91. The van der Waals surface area contributed by atoms with Crippen molar-refractivity contribution in [2.45, 2.75) is 26.8 Å². The maximum absolute atomic E-state index is 4.15. The molecule has 1 heterocycles. The molecule has 0 bridgehead atoms. The molecule has 0 aromatic rings. The van der Waals surface area contributed by atoms with Crippen LogP contribution < -0.4 is 0 Å². The van der Waals surface area contributed by atoms with Gasteiger partial charge in [0, 0.05) is 18.0 Å². The minimum atomic E-state index is 0.564. The Morgan fingerprint density at radius 1 is 1.60 bits per heavy atom. The zero-order chi connectivity index (χ0) is 7.56. The van der Waals surface area contributed by atoms with Crippen LogP contribution >= 0.6 is 0 Å². The summed E-state index contributed by atoms with van der Waals surface area (Å²) in [5, 5.41) is 0. The van der Waals surface area contributed by atoms with Gasteiger partial charge < -0.3 is 4.90 Å². The molecule has 0 saturated heterocycles. The highest BCUT2D eigenvalue weighted by molar-refractivity contribution is 5.72.